The van der Waals surface area contributed by atoms with Crippen molar-refractivity contribution in [2.75, 3.05) is 37.0 Å². The minimum Gasteiger partial charge on any atom is -0.378 e. The molecule has 0 saturated carbocycles. The second-order valence-electron chi connectivity index (χ2n) is 4.96. The van der Waals surface area contributed by atoms with Gasteiger partial charge >= 0.3 is 0 Å². The average molecular weight is 350 g/mol. The number of amides is 1. The highest BCUT2D eigenvalue weighted by Gasteiger charge is 2.13. The second-order valence-corrected chi connectivity index (χ2v) is 6.99. The first-order chi connectivity index (χ1) is 11.3. The van der Waals surface area contributed by atoms with E-state index < -0.39 is 0 Å². The molecule has 0 unspecified atom stereocenters. The van der Waals surface area contributed by atoms with Crippen LogP contribution in [0, 0.1) is 0 Å². The van der Waals surface area contributed by atoms with Gasteiger partial charge in [0.25, 0.3) is 0 Å². The number of carbonyl (C=O) groups is 1. The number of hydrogen-bond acceptors (Lipinski definition) is 7. The molecule has 1 aliphatic heterocycles. The maximum Gasteiger partial charge on any atom is 0.230 e. The van der Waals surface area contributed by atoms with Gasteiger partial charge in [-0.1, -0.05) is 17.8 Å². The van der Waals surface area contributed by atoms with Gasteiger partial charge < -0.3 is 15.0 Å². The molecule has 1 saturated heterocycles. The van der Waals surface area contributed by atoms with Crippen LogP contribution in [0.1, 0.15) is 4.88 Å². The van der Waals surface area contributed by atoms with Gasteiger partial charge in [0.15, 0.2) is 0 Å². The van der Waals surface area contributed by atoms with E-state index in [-0.39, 0.29) is 5.91 Å². The second kappa shape index (κ2) is 8.28. The number of thiophene rings is 1. The molecule has 23 heavy (non-hydrogen) atoms. The van der Waals surface area contributed by atoms with Crippen LogP contribution in [0.4, 0.5) is 5.82 Å². The van der Waals surface area contributed by atoms with Crippen LogP contribution in [0.2, 0.25) is 0 Å². The van der Waals surface area contributed by atoms with Crippen LogP contribution in [0.15, 0.2) is 34.9 Å². The van der Waals surface area contributed by atoms with Crippen LogP contribution >= 0.6 is 23.1 Å². The Labute approximate surface area is 143 Å². The van der Waals surface area contributed by atoms with Crippen molar-refractivity contribution >= 4 is 34.8 Å². The topological polar surface area (TPSA) is 67.4 Å². The summed E-state index contributed by atoms with van der Waals surface area (Å²) in [5.74, 6) is 1.25. The van der Waals surface area contributed by atoms with Crippen LogP contribution in [-0.2, 0) is 16.1 Å². The Balaban J connectivity index is 1.48. The molecule has 0 aliphatic carbocycles. The zero-order valence-corrected chi connectivity index (χ0v) is 14.2. The van der Waals surface area contributed by atoms with Gasteiger partial charge in [0.1, 0.15) is 17.2 Å². The molecule has 3 heterocycles. The number of morpholine rings is 1. The number of thioether (sulfide) groups is 1. The molecule has 2 aromatic heterocycles. The van der Waals surface area contributed by atoms with E-state index in [1.165, 1.54) is 11.8 Å². The van der Waals surface area contributed by atoms with Gasteiger partial charge in [-0.15, -0.1) is 11.3 Å². The fourth-order valence-electron chi connectivity index (χ4n) is 2.16. The molecular weight excluding hydrogens is 332 g/mol. The molecule has 6 nitrogen and oxygen atoms in total. The van der Waals surface area contributed by atoms with Gasteiger partial charge in [-0.25, -0.2) is 9.97 Å². The van der Waals surface area contributed by atoms with Gasteiger partial charge in [-0.05, 0) is 11.4 Å². The first kappa shape index (κ1) is 16.2. The molecule has 1 aliphatic rings. The number of hydrogen-bond donors (Lipinski definition) is 1. The molecule has 0 spiro atoms. The quantitative estimate of drug-likeness (QED) is 0.633. The van der Waals surface area contributed by atoms with Gasteiger partial charge in [0.05, 0.1) is 25.5 Å². The predicted octanol–water partition coefficient (Wildman–Crippen LogP) is 1.78. The van der Waals surface area contributed by atoms with Crippen molar-refractivity contribution in [1.29, 1.82) is 0 Å². The summed E-state index contributed by atoms with van der Waals surface area (Å²) in [4.78, 5) is 23.8. The van der Waals surface area contributed by atoms with Crippen LogP contribution in [-0.4, -0.2) is 47.9 Å². The van der Waals surface area contributed by atoms with Gasteiger partial charge in [-0.3, -0.25) is 4.79 Å². The molecule has 0 radical (unpaired) electrons. The lowest BCUT2D eigenvalue weighted by molar-refractivity contribution is -0.118. The van der Waals surface area contributed by atoms with Crippen LogP contribution in [0.25, 0.3) is 0 Å². The predicted molar refractivity (Wildman–Crippen MR) is 92.0 cm³/mol. The highest BCUT2D eigenvalue weighted by Crippen LogP contribution is 2.20. The van der Waals surface area contributed by atoms with E-state index in [9.17, 15) is 4.79 Å². The monoisotopic (exact) mass is 350 g/mol. The van der Waals surface area contributed by atoms with Crippen molar-refractivity contribution in [2.24, 2.45) is 0 Å². The van der Waals surface area contributed by atoms with Crippen molar-refractivity contribution in [3.05, 3.63) is 34.8 Å². The van der Waals surface area contributed by atoms with E-state index in [0.717, 1.165) is 42.0 Å². The van der Waals surface area contributed by atoms with Gasteiger partial charge in [0, 0.05) is 24.0 Å². The van der Waals surface area contributed by atoms with Crippen molar-refractivity contribution in [1.82, 2.24) is 15.3 Å². The Morgan fingerprint density at radius 1 is 1.39 bits per heavy atom. The number of aromatic nitrogens is 2. The third-order valence-electron chi connectivity index (χ3n) is 3.35. The molecule has 8 heteroatoms. The molecule has 0 aromatic carbocycles. The molecule has 1 N–H and O–H groups in total. The normalized spacial score (nSPS) is 14.7. The fourth-order valence-corrected chi connectivity index (χ4v) is 3.50. The Kier molecular flexibility index (Phi) is 5.84. The molecule has 2 aromatic rings. The fraction of sp³-hybridized carbons (Fsp3) is 0.400. The lowest BCUT2D eigenvalue weighted by Gasteiger charge is -2.27. The van der Waals surface area contributed by atoms with Crippen LogP contribution in [0.3, 0.4) is 0 Å². The molecule has 0 bridgehead atoms. The molecule has 0 atom stereocenters. The van der Waals surface area contributed by atoms with Crippen molar-refractivity contribution < 1.29 is 9.53 Å². The summed E-state index contributed by atoms with van der Waals surface area (Å²) in [6.07, 6.45) is 1.55. The largest absolute Gasteiger partial charge is 0.378 e. The first-order valence-electron chi connectivity index (χ1n) is 7.38. The zero-order chi connectivity index (χ0) is 15.9. The minimum absolute atomic E-state index is 0.00920. The van der Waals surface area contributed by atoms with Gasteiger partial charge in [-0.2, -0.15) is 0 Å². The standard InChI is InChI=1S/C15H18N4O2S2/c20-14(16-9-12-2-1-7-22-12)10-23-15-8-13(17-11-18-15)19-3-5-21-6-4-19/h1-2,7-8,11H,3-6,9-10H2,(H,16,20). The van der Waals surface area contributed by atoms with E-state index in [2.05, 4.69) is 20.2 Å². The third kappa shape index (κ3) is 4.92. The van der Waals surface area contributed by atoms with Gasteiger partial charge in [0.2, 0.25) is 5.91 Å². The Bertz CT molecular complexity index is 630. The summed E-state index contributed by atoms with van der Waals surface area (Å²) in [5.41, 5.74) is 0. The van der Waals surface area contributed by atoms with E-state index in [1.54, 1.807) is 17.7 Å². The van der Waals surface area contributed by atoms with E-state index in [0.29, 0.717) is 12.3 Å². The summed E-state index contributed by atoms with van der Waals surface area (Å²) >= 11 is 3.07. The lowest BCUT2D eigenvalue weighted by atomic mass is 10.4. The molecular formula is C15H18N4O2S2. The summed E-state index contributed by atoms with van der Waals surface area (Å²) in [7, 11) is 0. The van der Waals surface area contributed by atoms with Crippen molar-refractivity contribution in [3.63, 3.8) is 0 Å². The van der Waals surface area contributed by atoms with Crippen LogP contribution in [0.5, 0.6) is 0 Å². The summed E-state index contributed by atoms with van der Waals surface area (Å²) < 4.78 is 5.35. The molecule has 3 rings (SSSR count). The first-order valence-corrected chi connectivity index (χ1v) is 9.24. The smallest absolute Gasteiger partial charge is 0.230 e. The van der Waals surface area contributed by atoms with Crippen LogP contribution < -0.4 is 10.2 Å². The summed E-state index contributed by atoms with van der Waals surface area (Å²) in [5, 5.41) is 5.73. The zero-order valence-electron chi connectivity index (χ0n) is 12.6. The minimum atomic E-state index is 0.00920. The number of nitrogens with zero attached hydrogens (tertiary/aromatic N) is 3. The Morgan fingerprint density at radius 2 is 2.26 bits per heavy atom. The van der Waals surface area contributed by atoms with Crippen molar-refractivity contribution in [3.8, 4) is 0 Å². The summed E-state index contributed by atoms with van der Waals surface area (Å²) in [6, 6.07) is 5.93. The Hall–Kier alpha value is -1.64. The number of carbonyl (C=O) groups excluding carboxylic acids is 1. The maximum absolute atomic E-state index is 11.9. The number of ether oxygens (including phenoxy) is 1. The molecule has 122 valence electrons. The van der Waals surface area contributed by atoms with E-state index in [1.807, 2.05) is 23.6 Å². The van der Waals surface area contributed by atoms with E-state index in [4.69, 9.17) is 4.74 Å². The number of rotatable bonds is 6. The highest BCUT2D eigenvalue weighted by atomic mass is 32.2. The average Bonchev–Trinajstić information content (AvgIpc) is 3.13. The van der Waals surface area contributed by atoms with Crippen molar-refractivity contribution in [2.45, 2.75) is 11.6 Å². The summed E-state index contributed by atoms with van der Waals surface area (Å²) in [6.45, 7) is 3.69. The number of anilines is 1. The third-order valence-corrected chi connectivity index (χ3v) is 5.16. The Morgan fingerprint density at radius 3 is 3.04 bits per heavy atom. The molecule has 1 fully saturated rings. The lowest BCUT2D eigenvalue weighted by Crippen LogP contribution is -2.36. The highest BCUT2D eigenvalue weighted by molar-refractivity contribution is 7.99. The SMILES string of the molecule is O=C(CSc1cc(N2CCOCC2)ncn1)NCc1cccs1. The number of nitrogens with one attached hydrogen (secondary N) is 1. The molecule has 1 amide bonds. The maximum atomic E-state index is 11.9. The van der Waals surface area contributed by atoms with E-state index >= 15 is 0 Å².